The normalized spacial score (nSPS) is 11.6. The van der Waals surface area contributed by atoms with E-state index in [0.717, 1.165) is 17.5 Å². The van der Waals surface area contributed by atoms with Crippen LogP contribution in [0.15, 0.2) is 48.5 Å². The van der Waals surface area contributed by atoms with Crippen molar-refractivity contribution in [2.45, 2.75) is 25.9 Å². The Kier molecular flexibility index (Phi) is 6.42. The molecule has 6 heteroatoms. The number of carboxylic acid groups (broad SMARTS) is 1. The predicted octanol–water partition coefficient (Wildman–Crippen LogP) is 3.81. The second-order valence-corrected chi connectivity index (χ2v) is 6.39. The summed E-state index contributed by atoms with van der Waals surface area (Å²) in [6.45, 7) is 2.33. The SMILES string of the molecule is CC(Cc1ccc(Cl)cc1)N(C)C(=O)NCc1ccc(C(=O)O)cc1. The second-order valence-electron chi connectivity index (χ2n) is 5.95. The van der Waals surface area contributed by atoms with Crippen molar-refractivity contribution in [3.63, 3.8) is 0 Å². The summed E-state index contributed by atoms with van der Waals surface area (Å²) in [5.41, 5.74) is 2.18. The van der Waals surface area contributed by atoms with Crippen LogP contribution in [0.1, 0.15) is 28.4 Å². The molecule has 0 radical (unpaired) electrons. The Morgan fingerprint density at radius 3 is 2.20 bits per heavy atom. The van der Waals surface area contributed by atoms with Crippen molar-refractivity contribution in [1.82, 2.24) is 10.2 Å². The van der Waals surface area contributed by atoms with Gasteiger partial charge in [-0.1, -0.05) is 35.9 Å². The van der Waals surface area contributed by atoms with Gasteiger partial charge in [-0.05, 0) is 48.7 Å². The lowest BCUT2D eigenvalue weighted by Gasteiger charge is -2.25. The van der Waals surface area contributed by atoms with Crippen molar-refractivity contribution in [3.05, 3.63) is 70.2 Å². The molecule has 25 heavy (non-hydrogen) atoms. The van der Waals surface area contributed by atoms with Gasteiger partial charge in [-0.3, -0.25) is 0 Å². The van der Waals surface area contributed by atoms with Gasteiger partial charge >= 0.3 is 12.0 Å². The molecule has 0 aliphatic carbocycles. The number of aromatic carboxylic acids is 1. The summed E-state index contributed by atoms with van der Waals surface area (Å²) in [5, 5.41) is 12.4. The maximum absolute atomic E-state index is 12.3. The number of likely N-dealkylation sites (N-methyl/N-ethyl adjacent to an activating group) is 1. The lowest BCUT2D eigenvalue weighted by Crippen LogP contribution is -2.42. The van der Waals surface area contributed by atoms with Gasteiger partial charge in [0.2, 0.25) is 0 Å². The van der Waals surface area contributed by atoms with Gasteiger partial charge in [-0.15, -0.1) is 0 Å². The maximum atomic E-state index is 12.3. The van der Waals surface area contributed by atoms with Crippen molar-refractivity contribution in [2.75, 3.05) is 7.05 Å². The molecule has 1 atom stereocenters. The second kappa shape index (κ2) is 8.53. The Morgan fingerprint density at radius 2 is 1.64 bits per heavy atom. The number of nitrogens with zero attached hydrogens (tertiary/aromatic N) is 1. The van der Waals surface area contributed by atoms with Crippen molar-refractivity contribution < 1.29 is 14.7 Å². The van der Waals surface area contributed by atoms with E-state index in [0.29, 0.717) is 11.6 Å². The van der Waals surface area contributed by atoms with Crippen LogP contribution >= 0.6 is 11.6 Å². The summed E-state index contributed by atoms with van der Waals surface area (Å²) in [5.74, 6) is -0.966. The van der Waals surface area contributed by atoms with E-state index in [-0.39, 0.29) is 17.6 Å². The zero-order chi connectivity index (χ0) is 18.4. The van der Waals surface area contributed by atoms with Gasteiger partial charge in [0, 0.05) is 24.7 Å². The highest BCUT2D eigenvalue weighted by Gasteiger charge is 2.16. The van der Waals surface area contributed by atoms with Crippen LogP contribution in [0.4, 0.5) is 4.79 Å². The molecule has 1 unspecified atom stereocenters. The number of rotatable bonds is 6. The van der Waals surface area contributed by atoms with E-state index >= 15 is 0 Å². The van der Waals surface area contributed by atoms with Gasteiger partial charge in [0.25, 0.3) is 0 Å². The molecular weight excluding hydrogens is 340 g/mol. The number of amides is 2. The minimum Gasteiger partial charge on any atom is -0.478 e. The van der Waals surface area contributed by atoms with Crippen molar-refractivity contribution >= 4 is 23.6 Å². The van der Waals surface area contributed by atoms with E-state index in [4.69, 9.17) is 16.7 Å². The fourth-order valence-electron chi connectivity index (χ4n) is 2.37. The van der Waals surface area contributed by atoms with Gasteiger partial charge in [0.05, 0.1) is 5.56 Å². The van der Waals surface area contributed by atoms with Crippen LogP contribution in [-0.2, 0) is 13.0 Å². The molecule has 0 fully saturated rings. The molecule has 0 saturated heterocycles. The molecular formula is C19H21ClN2O3. The largest absolute Gasteiger partial charge is 0.478 e. The first-order valence-corrected chi connectivity index (χ1v) is 8.32. The summed E-state index contributed by atoms with van der Waals surface area (Å²) < 4.78 is 0. The molecule has 0 aromatic heterocycles. The van der Waals surface area contributed by atoms with Crippen LogP contribution < -0.4 is 5.32 Å². The fourth-order valence-corrected chi connectivity index (χ4v) is 2.49. The number of hydrogen-bond acceptors (Lipinski definition) is 2. The van der Waals surface area contributed by atoms with E-state index < -0.39 is 5.97 Å². The van der Waals surface area contributed by atoms with Gasteiger partial charge in [0.1, 0.15) is 0 Å². The zero-order valence-corrected chi connectivity index (χ0v) is 15.0. The Labute approximate surface area is 152 Å². The fraction of sp³-hybridized carbons (Fsp3) is 0.263. The van der Waals surface area contributed by atoms with E-state index in [1.807, 2.05) is 31.2 Å². The number of carboxylic acids is 1. The smallest absolute Gasteiger partial charge is 0.335 e. The number of carbonyl (C=O) groups excluding carboxylic acids is 1. The molecule has 2 aromatic rings. The lowest BCUT2D eigenvalue weighted by molar-refractivity contribution is 0.0697. The van der Waals surface area contributed by atoms with Crippen molar-refractivity contribution in [3.8, 4) is 0 Å². The average Bonchev–Trinajstić information content (AvgIpc) is 2.61. The van der Waals surface area contributed by atoms with E-state index in [1.54, 1.807) is 24.1 Å². The maximum Gasteiger partial charge on any atom is 0.335 e. The predicted molar refractivity (Wildman–Crippen MR) is 98.0 cm³/mol. The van der Waals surface area contributed by atoms with E-state index in [9.17, 15) is 9.59 Å². The lowest BCUT2D eigenvalue weighted by atomic mass is 10.1. The summed E-state index contributed by atoms with van der Waals surface area (Å²) in [7, 11) is 1.75. The van der Waals surface area contributed by atoms with Crippen LogP contribution in [0.25, 0.3) is 0 Å². The van der Waals surface area contributed by atoms with E-state index in [2.05, 4.69) is 5.32 Å². The van der Waals surface area contributed by atoms with E-state index in [1.165, 1.54) is 12.1 Å². The Bertz CT molecular complexity index is 729. The van der Waals surface area contributed by atoms with Crippen molar-refractivity contribution in [2.24, 2.45) is 0 Å². The number of benzene rings is 2. The van der Waals surface area contributed by atoms with Gasteiger partial charge in [-0.25, -0.2) is 9.59 Å². The molecule has 5 nitrogen and oxygen atoms in total. The van der Waals surface area contributed by atoms with Gasteiger partial charge in [-0.2, -0.15) is 0 Å². The van der Waals surface area contributed by atoms with Crippen LogP contribution in [0.2, 0.25) is 5.02 Å². The molecule has 2 N–H and O–H groups in total. The third-order valence-corrected chi connectivity index (χ3v) is 4.32. The standard InChI is InChI=1S/C19H21ClN2O3/c1-13(11-14-5-9-17(20)10-6-14)22(2)19(25)21-12-15-3-7-16(8-4-15)18(23)24/h3-10,13H,11-12H2,1-2H3,(H,21,25)(H,23,24). The summed E-state index contributed by atoms with van der Waals surface area (Å²) in [6.07, 6.45) is 0.731. The van der Waals surface area contributed by atoms with Crippen LogP contribution in [0.5, 0.6) is 0 Å². The minimum absolute atomic E-state index is 0.0237. The molecule has 0 saturated carbocycles. The number of nitrogens with one attached hydrogen (secondary N) is 1. The highest BCUT2D eigenvalue weighted by molar-refractivity contribution is 6.30. The average molecular weight is 361 g/mol. The molecule has 0 aliphatic rings. The summed E-state index contributed by atoms with van der Waals surface area (Å²) in [6, 6.07) is 13.9. The Hall–Kier alpha value is -2.53. The molecule has 0 heterocycles. The van der Waals surface area contributed by atoms with Crippen LogP contribution in [0, 0.1) is 0 Å². The molecule has 2 amide bonds. The molecule has 2 aromatic carbocycles. The monoisotopic (exact) mass is 360 g/mol. The first-order valence-electron chi connectivity index (χ1n) is 7.94. The van der Waals surface area contributed by atoms with Gasteiger partial charge < -0.3 is 15.3 Å². The third-order valence-electron chi connectivity index (χ3n) is 4.07. The first-order chi connectivity index (χ1) is 11.9. The molecule has 0 bridgehead atoms. The molecule has 0 aliphatic heterocycles. The topological polar surface area (TPSA) is 69.6 Å². The summed E-state index contributed by atoms with van der Waals surface area (Å²) in [4.78, 5) is 24.8. The number of hydrogen-bond donors (Lipinski definition) is 2. The molecule has 0 spiro atoms. The highest BCUT2D eigenvalue weighted by atomic mass is 35.5. The van der Waals surface area contributed by atoms with Crippen LogP contribution in [0.3, 0.4) is 0 Å². The van der Waals surface area contributed by atoms with Gasteiger partial charge in [0.15, 0.2) is 0 Å². The summed E-state index contributed by atoms with van der Waals surface area (Å²) >= 11 is 5.88. The van der Waals surface area contributed by atoms with Crippen LogP contribution in [-0.4, -0.2) is 35.1 Å². The first kappa shape index (κ1) is 18.8. The minimum atomic E-state index is -0.966. The quantitative estimate of drug-likeness (QED) is 0.822. The number of halogens is 1. The zero-order valence-electron chi connectivity index (χ0n) is 14.2. The molecule has 2 rings (SSSR count). The third kappa shape index (κ3) is 5.50. The Balaban J connectivity index is 1.86. The number of urea groups is 1. The highest BCUT2D eigenvalue weighted by Crippen LogP contribution is 2.13. The van der Waals surface area contributed by atoms with Crippen molar-refractivity contribution in [1.29, 1.82) is 0 Å². The molecule has 132 valence electrons. The number of carbonyl (C=O) groups is 2. The Morgan fingerprint density at radius 1 is 1.08 bits per heavy atom.